The van der Waals surface area contributed by atoms with Crippen molar-refractivity contribution in [2.24, 2.45) is 0 Å². The SMILES string of the molecule is C=CC[N+](C)([O-])Cc1ccc(C2CCC(N(C)C(=O)Oc3ccc(Cl)cc3)CC2)cc1. The lowest BCUT2D eigenvalue weighted by Gasteiger charge is -2.37. The highest BCUT2D eigenvalue weighted by molar-refractivity contribution is 6.30. The molecular weight excluding hydrogens is 412 g/mol. The zero-order valence-corrected chi connectivity index (χ0v) is 19.1. The molecular formula is C25H31ClN2O3. The zero-order chi connectivity index (χ0) is 22.4. The van der Waals surface area contributed by atoms with Gasteiger partial charge in [0.05, 0.1) is 13.6 Å². The molecule has 0 saturated heterocycles. The summed E-state index contributed by atoms with van der Waals surface area (Å²) in [4.78, 5) is 14.2. The third-order valence-corrected chi connectivity index (χ3v) is 6.29. The van der Waals surface area contributed by atoms with Crippen LogP contribution in [0.1, 0.15) is 42.7 Å². The van der Waals surface area contributed by atoms with Crippen LogP contribution in [0.25, 0.3) is 0 Å². The average molecular weight is 443 g/mol. The van der Waals surface area contributed by atoms with E-state index in [2.05, 4.69) is 30.8 Å². The second-order valence-electron chi connectivity index (χ2n) is 8.61. The summed E-state index contributed by atoms with van der Waals surface area (Å²) in [6.45, 7) is 4.51. The molecule has 5 nitrogen and oxygen atoms in total. The van der Waals surface area contributed by atoms with E-state index in [-0.39, 0.29) is 16.8 Å². The van der Waals surface area contributed by atoms with Crippen LogP contribution in [0.4, 0.5) is 4.79 Å². The molecule has 1 amide bonds. The van der Waals surface area contributed by atoms with Crippen LogP contribution in [0.5, 0.6) is 5.75 Å². The molecule has 1 aliphatic rings. The lowest BCUT2D eigenvalue weighted by atomic mass is 9.81. The van der Waals surface area contributed by atoms with E-state index in [1.54, 1.807) is 49.3 Å². The fourth-order valence-corrected chi connectivity index (χ4v) is 4.37. The molecule has 0 bridgehead atoms. The Balaban J connectivity index is 1.51. The van der Waals surface area contributed by atoms with E-state index >= 15 is 0 Å². The summed E-state index contributed by atoms with van der Waals surface area (Å²) in [6.07, 6.45) is 5.25. The molecule has 1 atom stereocenters. The van der Waals surface area contributed by atoms with E-state index in [0.29, 0.717) is 29.8 Å². The number of likely N-dealkylation sites (N-methyl/N-ethyl adjacent to an activating group) is 1. The molecule has 166 valence electrons. The van der Waals surface area contributed by atoms with Crippen molar-refractivity contribution in [2.45, 2.75) is 44.2 Å². The van der Waals surface area contributed by atoms with Crippen molar-refractivity contribution in [1.29, 1.82) is 0 Å². The van der Waals surface area contributed by atoms with Gasteiger partial charge in [-0.2, -0.15) is 0 Å². The number of quaternary nitrogens is 1. The fourth-order valence-electron chi connectivity index (χ4n) is 4.24. The summed E-state index contributed by atoms with van der Waals surface area (Å²) in [5, 5.41) is 13.0. The van der Waals surface area contributed by atoms with Crippen molar-refractivity contribution < 1.29 is 14.2 Å². The van der Waals surface area contributed by atoms with Crippen LogP contribution in [-0.2, 0) is 6.54 Å². The number of ether oxygens (including phenoxy) is 1. The monoisotopic (exact) mass is 442 g/mol. The third-order valence-electron chi connectivity index (χ3n) is 6.03. The Morgan fingerprint density at radius 2 is 1.77 bits per heavy atom. The Kier molecular flexibility index (Phi) is 7.76. The molecule has 0 heterocycles. The number of hydrogen-bond acceptors (Lipinski definition) is 3. The van der Waals surface area contributed by atoms with Gasteiger partial charge in [-0.3, -0.25) is 0 Å². The highest BCUT2D eigenvalue weighted by Gasteiger charge is 2.28. The Hall–Kier alpha value is -2.34. The molecule has 0 aromatic heterocycles. The Labute approximate surface area is 190 Å². The topological polar surface area (TPSA) is 52.6 Å². The van der Waals surface area contributed by atoms with Gasteiger partial charge in [0.1, 0.15) is 12.3 Å². The maximum absolute atomic E-state index is 12.5. The predicted octanol–water partition coefficient (Wildman–Crippen LogP) is 6.13. The van der Waals surface area contributed by atoms with E-state index in [0.717, 1.165) is 31.2 Å². The molecule has 0 radical (unpaired) electrons. The number of amides is 1. The van der Waals surface area contributed by atoms with E-state index < -0.39 is 0 Å². The first-order chi connectivity index (χ1) is 14.8. The number of rotatable bonds is 7. The van der Waals surface area contributed by atoms with Crippen LogP contribution >= 0.6 is 11.6 Å². The summed E-state index contributed by atoms with van der Waals surface area (Å²) >= 11 is 5.88. The molecule has 1 saturated carbocycles. The minimum absolute atomic E-state index is 0.174. The molecule has 2 aromatic carbocycles. The summed E-state index contributed by atoms with van der Waals surface area (Å²) in [6, 6.07) is 15.4. The lowest BCUT2D eigenvalue weighted by molar-refractivity contribution is -0.868. The van der Waals surface area contributed by atoms with Crippen molar-refractivity contribution in [3.8, 4) is 5.75 Å². The van der Waals surface area contributed by atoms with Crippen molar-refractivity contribution in [1.82, 2.24) is 4.90 Å². The second-order valence-corrected chi connectivity index (χ2v) is 9.04. The largest absolute Gasteiger partial charge is 0.633 e. The third kappa shape index (κ3) is 6.57. The van der Waals surface area contributed by atoms with Crippen molar-refractivity contribution in [3.05, 3.63) is 82.5 Å². The van der Waals surface area contributed by atoms with E-state index in [1.165, 1.54) is 5.56 Å². The number of carbonyl (C=O) groups is 1. The number of benzene rings is 2. The smallest absolute Gasteiger partial charge is 0.415 e. The number of nitrogens with zero attached hydrogens (tertiary/aromatic N) is 2. The average Bonchev–Trinajstić information content (AvgIpc) is 2.75. The molecule has 1 unspecified atom stereocenters. The number of halogens is 1. The van der Waals surface area contributed by atoms with Gasteiger partial charge in [0.2, 0.25) is 0 Å². The van der Waals surface area contributed by atoms with Crippen molar-refractivity contribution >= 4 is 17.7 Å². The normalized spacial score (nSPS) is 20.5. The Morgan fingerprint density at radius 1 is 1.16 bits per heavy atom. The minimum Gasteiger partial charge on any atom is -0.633 e. The van der Waals surface area contributed by atoms with E-state index in [4.69, 9.17) is 16.3 Å². The van der Waals surface area contributed by atoms with Crippen LogP contribution in [-0.4, -0.2) is 42.3 Å². The molecule has 6 heteroatoms. The number of hydroxylamine groups is 3. The molecule has 1 fully saturated rings. The molecule has 2 aromatic rings. The molecule has 1 aliphatic carbocycles. The van der Waals surface area contributed by atoms with Gasteiger partial charge in [-0.15, -0.1) is 0 Å². The molecule has 0 aliphatic heterocycles. The van der Waals surface area contributed by atoms with Gasteiger partial charge in [0.25, 0.3) is 0 Å². The van der Waals surface area contributed by atoms with Gasteiger partial charge < -0.3 is 19.5 Å². The standard InChI is InChI=1S/C25H31ClN2O3/c1-4-17-28(3,30)18-19-5-7-20(8-6-19)21-9-13-23(14-10-21)27(2)25(29)31-24-15-11-22(26)12-16-24/h4-8,11-12,15-16,21,23H,1,9-10,13-14,17-18H2,2-3H3. The zero-order valence-electron chi connectivity index (χ0n) is 18.3. The van der Waals surface area contributed by atoms with Gasteiger partial charge in [0.15, 0.2) is 0 Å². The first kappa shape index (κ1) is 23.3. The second kappa shape index (κ2) is 10.3. The van der Waals surface area contributed by atoms with Crippen LogP contribution in [0.15, 0.2) is 61.2 Å². The fraction of sp³-hybridized carbons (Fsp3) is 0.400. The first-order valence-electron chi connectivity index (χ1n) is 10.7. The van der Waals surface area contributed by atoms with Crippen LogP contribution in [0.2, 0.25) is 5.02 Å². The van der Waals surface area contributed by atoms with Crippen LogP contribution < -0.4 is 4.74 Å². The van der Waals surface area contributed by atoms with Gasteiger partial charge in [-0.05, 0) is 67.5 Å². The quantitative estimate of drug-likeness (QED) is 0.294. The molecule has 3 rings (SSSR count). The molecule has 31 heavy (non-hydrogen) atoms. The summed E-state index contributed by atoms with van der Waals surface area (Å²) < 4.78 is 5.12. The number of hydrogen-bond donors (Lipinski definition) is 0. The summed E-state index contributed by atoms with van der Waals surface area (Å²) in [7, 11) is 3.48. The van der Waals surface area contributed by atoms with E-state index in [1.807, 2.05) is 0 Å². The molecule has 0 N–H and O–H groups in total. The Morgan fingerprint density at radius 3 is 2.35 bits per heavy atom. The van der Waals surface area contributed by atoms with Crippen LogP contribution in [0, 0.1) is 5.21 Å². The van der Waals surface area contributed by atoms with Gasteiger partial charge >= 0.3 is 6.09 Å². The molecule has 0 spiro atoms. The highest BCUT2D eigenvalue weighted by Crippen LogP contribution is 2.35. The maximum atomic E-state index is 12.5. The predicted molar refractivity (Wildman–Crippen MR) is 125 cm³/mol. The maximum Gasteiger partial charge on any atom is 0.415 e. The van der Waals surface area contributed by atoms with Crippen molar-refractivity contribution in [2.75, 3.05) is 20.6 Å². The highest BCUT2D eigenvalue weighted by atomic mass is 35.5. The summed E-state index contributed by atoms with van der Waals surface area (Å²) in [5.74, 6) is 0.975. The lowest BCUT2D eigenvalue weighted by Crippen LogP contribution is -2.40. The summed E-state index contributed by atoms with van der Waals surface area (Å²) in [5.41, 5.74) is 2.35. The van der Waals surface area contributed by atoms with Gasteiger partial charge in [-0.25, -0.2) is 4.79 Å². The van der Waals surface area contributed by atoms with E-state index in [9.17, 15) is 10.0 Å². The van der Waals surface area contributed by atoms with Gasteiger partial charge in [0, 0.05) is 23.7 Å². The van der Waals surface area contributed by atoms with Crippen LogP contribution in [0.3, 0.4) is 0 Å². The Bertz CT molecular complexity index is 873. The number of carbonyl (C=O) groups excluding carboxylic acids is 1. The first-order valence-corrected chi connectivity index (χ1v) is 11.1. The van der Waals surface area contributed by atoms with Crippen molar-refractivity contribution in [3.63, 3.8) is 0 Å². The minimum atomic E-state index is -0.341. The van der Waals surface area contributed by atoms with Gasteiger partial charge in [-0.1, -0.05) is 42.4 Å².